The first-order valence-electron chi connectivity index (χ1n) is 5.72. The minimum atomic E-state index is -0.525. The Morgan fingerprint density at radius 2 is 1.90 bits per heavy atom. The Kier molecular flexibility index (Phi) is 4.24. The van der Waals surface area contributed by atoms with Gasteiger partial charge in [-0.3, -0.25) is 0 Å². The molecule has 0 amide bonds. The molecule has 0 aliphatic carbocycles. The second-order valence-corrected chi connectivity index (χ2v) is 5.25. The van der Waals surface area contributed by atoms with E-state index in [4.69, 9.17) is 10.9 Å². The zero-order valence-electron chi connectivity index (χ0n) is 10.6. The van der Waals surface area contributed by atoms with Crippen LogP contribution in [-0.4, -0.2) is 11.0 Å². The molecule has 6 heteroatoms. The van der Waals surface area contributed by atoms with Crippen molar-refractivity contribution in [3.05, 3.63) is 59.2 Å². The van der Waals surface area contributed by atoms with Gasteiger partial charge in [0.15, 0.2) is 5.84 Å². The Balaban J connectivity index is 2.47. The molecule has 0 aliphatic rings. The molecule has 0 saturated carbocycles. The van der Waals surface area contributed by atoms with Crippen LogP contribution in [0, 0.1) is 18.6 Å². The average Bonchev–Trinajstić information content (AvgIpc) is 2.42. The number of nitrogens with two attached hydrogens (primary N) is 1. The second-order valence-electron chi connectivity index (χ2n) is 4.16. The van der Waals surface area contributed by atoms with Gasteiger partial charge in [0.1, 0.15) is 11.6 Å². The zero-order valence-corrected chi connectivity index (χ0v) is 11.4. The zero-order chi connectivity index (χ0) is 14.7. The summed E-state index contributed by atoms with van der Waals surface area (Å²) in [5.74, 6) is -1.13. The van der Waals surface area contributed by atoms with Crippen molar-refractivity contribution in [2.45, 2.75) is 16.7 Å². The van der Waals surface area contributed by atoms with Crippen molar-refractivity contribution in [2.24, 2.45) is 10.9 Å². The van der Waals surface area contributed by atoms with Gasteiger partial charge in [-0.25, -0.2) is 8.78 Å². The molecular formula is C14H12F2N2OS. The molecule has 0 atom stereocenters. The molecule has 0 saturated heterocycles. The molecular weight excluding hydrogens is 282 g/mol. The lowest BCUT2D eigenvalue weighted by molar-refractivity contribution is 0.318. The minimum absolute atomic E-state index is 0.0793. The van der Waals surface area contributed by atoms with E-state index < -0.39 is 11.6 Å². The van der Waals surface area contributed by atoms with Crippen molar-refractivity contribution in [3.8, 4) is 0 Å². The smallest absolute Gasteiger partial charge is 0.171 e. The van der Waals surface area contributed by atoms with Crippen LogP contribution in [0.15, 0.2) is 51.3 Å². The first-order chi connectivity index (χ1) is 9.51. The molecule has 0 radical (unpaired) electrons. The molecule has 0 heterocycles. The molecule has 3 nitrogen and oxygen atoms in total. The predicted octanol–water partition coefficient (Wildman–Crippen LogP) is 3.52. The van der Waals surface area contributed by atoms with Crippen molar-refractivity contribution < 1.29 is 14.0 Å². The molecule has 2 aromatic carbocycles. The summed E-state index contributed by atoms with van der Waals surface area (Å²) in [5.41, 5.74) is 6.98. The number of amidine groups is 1. The summed E-state index contributed by atoms with van der Waals surface area (Å²) in [4.78, 5) is 0.729. The summed E-state index contributed by atoms with van der Waals surface area (Å²) in [6.07, 6.45) is 0. The van der Waals surface area contributed by atoms with E-state index in [0.29, 0.717) is 10.5 Å². The molecule has 0 aromatic heterocycles. The third-order valence-electron chi connectivity index (χ3n) is 2.63. The van der Waals surface area contributed by atoms with Gasteiger partial charge in [0.05, 0.1) is 4.90 Å². The summed E-state index contributed by atoms with van der Waals surface area (Å²) in [6.45, 7) is 1.86. The number of halogens is 2. The van der Waals surface area contributed by atoms with E-state index in [1.807, 2.05) is 6.92 Å². The highest BCUT2D eigenvalue weighted by Gasteiger charge is 2.12. The number of nitrogens with zero attached hydrogens (tertiary/aromatic N) is 1. The van der Waals surface area contributed by atoms with Crippen LogP contribution in [0.1, 0.15) is 11.1 Å². The standard InChI is InChI=1S/C14H12F2N2OS/c1-8-2-4-10(14(17)18-19)12(6-8)20-13-7-9(15)3-5-11(13)16/h2-7,19H,1H3,(H2,17,18). The van der Waals surface area contributed by atoms with E-state index in [9.17, 15) is 8.78 Å². The highest BCUT2D eigenvalue weighted by Crippen LogP contribution is 2.33. The summed E-state index contributed by atoms with van der Waals surface area (Å²) in [5, 5.41) is 11.7. The maximum Gasteiger partial charge on any atom is 0.171 e. The molecule has 0 unspecified atom stereocenters. The molecule has 0 fully saturated rings. The van der Waals surface area contributed by atoms with Gasteiger partial charge < -0.3 is 10.9 Å². The molecule has 0 bridgehead atoms. The Hall–Kier alpha value is -2.08. The maximum atomic E-state index is 13.7. The van der Waals surface area contributed by atoms with Gasteiger partial charge in [-0.2, -0.15) is 0 Å². The number of hydrogen-bond acceptors (Lipinski definition) is 3. The fraction of sp³-hybridized carbons (Fsp3) is 0.0714. The third kappa shape index (κ3) is 3.08. The first-order valence-corrected chi connectivity index (χ1v) is 6.54. The van der Waals surface area contributed by atoms with Crippen LogP contribution < -0.4 is 5.73 Å². The fourth-order valence-electron chi connectivity index (χ4n) is 1.65. The summed E-state index contributed by atoms with van der Waals surface area (Å²) in [7, 11) is 0. The van der Waals surface area contributed by atoms with Crippen LogP contribution >= 0.6 is 11.8 Å². The lowest BCUT2D eigenvalue weighted by Crippen LogP contribution is -2.14. The quantitative estimate of drug-likeness (QED) is 0.394. The molecule has 2 rings (SSSR count). The number of benzene rings is 2. The van der Waals surface area contributed by atoms with Crippen LogP contribution in [0.3, 0.4) is 0 Å². The van der Waals surface area contributed by atoms with Gasteiger partial charge in [-0.1, -0.05) is 23.0 Å². The molecule has 104 valence electrons. The topological polar surface area (TPSA) is 58.6 Å². The van der Waals surface area contributed by atoms with Crippen LogP contribution in [0.5, 0.6) is 0 Å². The van der Waals surface area contributed by atoms with Crippen LogP contribution in [0.25, 0.3) is 0 Å². The van der Waals surface area contributed by atoms with Crippen molar-refractivity contribution in [1.82, 2.24) is 0 Å². The van der Waals surface area contributed by atoms with E-state index in [-0.39, 0.29) is 10.7 Å². The molecule has 20 heavy (non-hydrogen) atoms. The lowest BCUT2D eigenvalue weighted by atomic mass is 10.1. The fourth-order valence-corrected chi connectivity index (χ4v) is 2.75. The highest BCUT2D eigenvalue weighted by molar-refractivity contribution is 7.99. The molecule has 0 spiro atoms. The van der Waals surface area contributed by atoms with Gasteiger partial charge >= 0.3 is 0 Å². The number of hydrogen-bond donors (Lipinski definition) is 2. The summed E-state index contributed by atoms with van der Waals surface area (Å²) in [6, 6.07) is 8.46. The van der Waals surface area contributed by atoms with E-state index in [1.54, 1.807) is 18.2 Å². The molecule has 2 aromatic rings. The minimum Gasteiger partial charge on any atom is -0.409 e. The average molecular weight is 294 g/mol. The van der Waals surface area contributed by atoms with Gasteiger partial charge in [-0.15, -0.1) is 0 Å². The maximum absolute atomic E-state index is 13.7. The van der Waals surface area contributed by atoms with E-state index in [0.717, 1.165) is 35.5 Å². The van der Waals surface area contributed by atoms with Crippen molar-refractivity contribution in [1.29, 1.82) is 0 Å². The normalized spacial score (nSPS) is 11.7. The van der Waals surface area contributed by atoms with Crippen LogP contribution in [0.4, 0.5) is 8.78 Å². The van der Waals surface area contributed by atoms with Crippen molar-refractivity contribution in [3.63, 3.8) is 0 Å². The number of oxime groups is 1. The summed E-state index contributed by atoms with van der Waals surface area (Å²) >= 11 is 1.03. The number of rotatable bonds is 3. The Morgan fingerprint density at radius 1 is 1.15 bits per heavy atom. The Labute approximate surface area is 119 Å². The van der Waals surface area contributed by atoms with Gasteiger partial charge in [0.2, 0.25) is 0 Å². The van der Waals surface area contributed by atoms with Crippen LogP contribution in [0.2, 0.25) is 0 Å². The van der Waals surface area contributed by atoms with Gasteiger partial charge in [0, 0.05) is 10.5 Å². The Morgan fingerprint density at radius 3 is 2.60 bits per heavy atom. The molecule has 0 aliphatic heterocycles. The van der Waals surface area contributed by atoms with Crippen molar-refractivity contribution in [2.75, 3.05) is 0 Å². The van der Waals surface area contributed by atoms with Crippen molar-refractivity contribution >= 4 is 17.6 Å². The predicted molar refractivity (Wildman–Crippen MR) is 74.2 cm³/mol. The lowest BCUT2D eigenvalue weighted by Gasteiger charge is -2.10. The summed E-state index contributed by atoms with van der Waals surface area (Å²) < 4.78 is 26.9. The first kappa shape index (κ1) is 14.3. The van der Waals surface area contributed by atoms with Crippen LogP contribution in [-0.2, 0) is 0 Å². The van der Waals surface area contributed by atoms with E-state index >= 15 is 0 Å². The largest absolute Gasteiger partial charge is 0.409 e. The van der Waals surface area contributed by atoms with Gasteiger partial charge in [0.25, 0.3) is 0 Å². The SMILES string of the molecule is Cc1ccc(C(N)=NO)c(Sc2cc(F)ccc2F)c1. The second kappa shape index (κ2) is 5.92. The Bertz CT molecular complexity index is 674. The molecule has 3 N–H and O–H groups in total. The third-order valence-corrected chi connectivity index (χ3v) is 3.72. The monoisotopic (exact) mass is 294 g/mol. The van der Waals surface area contributed by atoms with Gasteiger partial charge in [-0.05, 0) is 42.8 Å². The van der Waals surface area contributed by atoms with E-state index in [1.165, 1.54) is 0 Å². The van der Waals surface area contributed by atoms with E-state index in [2.05, 4.69) is 5.16 Å². The number of aryl methyl sites for hydroxylation is 1. The highest BCUT2D eigenvalue weighted by atomic mass is 32.2.